The van der Waals surface area contributed by atoms with Crippen LogP contribution in [0.1, 0.15) is 31.0 Å². The summed E-state index contributed by atoms with van der Waals surface area (Å²) < 4.78 is 6.01. The first-order chi connectivity index (χ1) is 9.60. The van der Waals surface area contributed by atoms with Gasteiger partial charge in [-0.3, -0.25) is 0 Å². The zero-order chi connectivity index (χ0) is 14.2. The highest BCUT2D eigenvalue weighted by Crippen LogP contribution is 2.44. The molecule has 0 spiro atoms. The number of ether oxygens (including phenoxy) is 1. The Morgan fingerprint density at radius 1 is 1.15 bits per heavy atom. The fraction of sp³-hybridized carbons (Fsp3) is 0.235. The highest BCUT2D eigenvalue weighted by molar-refractivity contribution is 5.54. The van der Waals surface area contributed by atoms with E-state index in [2.05, 4.69) is 31.3 Å². The molecule has 0 fully saturated rings. The van der Waals surface area contributed by atoms with Gasteiger partial charge in [-0.1, -0.05) is 24.3 Å². The summed E-state index contributed by atoms with van der Waals surface area (Å²) in [6.45, 7) is 4.14. The molecule has 2 aromatic carbocycles. The Hall–Kier alpha value is -2.47. The molecule has 20 heavy (non-hydrogen) atoms. The molecule has 3 heteroatoms. The van der Waals surface area contributed by atoms with Crippen molar-refractivity contribution < 1.29 is 4.74 Å². The molecule has 0 radical (unpaired) electrons. The maximum absolute atomic E-state index is 8.98. The average Bonchev–Trinajstić information content (AvgIpc) is 2.70. The fourth-order valence-electron chi connectivity index (χ4n) is 2.63. The lowest BCUT2D eigenvalue weighted by molar-refractivity contribution is 0.118. The van der Waals surface area contributed by atoms with Crippen LogP contribution in [-0.2, 0) is 0 Å². The molecular formula is C17H16N2O. The van der Waals surface area contributed by atoms with Crippen LogP contribution in [0.15, 0.2) is 48.5 Å². The van der Waals surface area contributed by atoms with E-state index < -0.39 is 0 Å². The smallest absolute Gasteiger partial charge is 0.128 e. The summed E-state index contributed by atoms with van der Waals surface area (Å²) >= 11 is 0. The van der Waals surface area contributed by atoms with Gasteiger partial charge in [-0.25, -0.2) is 0 Å². The maximum Gasteiger partial charge on any atom is 0.128 e. The molecule has 100 valence electrons. The molecule has 2 aromatic rings. The molecule has 0 saturated heterocycles. The molecule has 0 aliphatic carbocycles. The van der Waals surface area contributed by atoms with Crippen LogP contribution >= 0.6 is 0 Å². The first-order valence-corrected chi connectivity index (χ1v) is 6.65. The number of hydrogen-bond acceptors (Lipinski definition) is 3. The summed E-state index contributed by atoms with van der Waals surface area (Å²) in [5, 5.41) is 12.5. The molecule has 0 bridgehead atoms. The standard InChI is InChI=1S/C17H16N2O/c1-17(2)16(14-8-3-4-9-15(14)20-17)19-13-7-5-6-12(10-13)11-18/h3-10,16,19H,1-2H3. The van der Waals surface area contributed by atoms with Crippen molar-refractivity contribution in [1.29, 1.82) is 5.26 Å². The molecule has 1 unspecified atom stereocenters. The lowest BCUT2D eigenvalue weighted by atomic mass is 9.94. The quantitative estimate of drug-likeness (QED) is 0.895. The van der Waals surface area contributed by atoms with Gasteiger partial charge in [0.05, 0.1) is 17.7 Å². The predicted molar refractivity (Wildman–Crippen MR) is 78.7 cm³/mol. The summed E-state index contributed by atoms with van der Waals surface area (Å²) in [6, 6.07) is 17.8. The van der Waals surface area contributed by atoms with Gasteiger partial charge in [0.2, 0.25) is 0 Å². The Bertz CT molecular complexity index is 685. The molecule has 0 saturated carbocycles. The second-order valence-corrected chi connectivity index (χ2v) is 5.51. The van der Waals surface area contributed by atoms with E-state index in [1.54, 1.807) is 6.07 Å². The molecule has 1 aliphatic rings. The van der Waals surface area contributed by atoms with Crippen molar-refractivity contribution >= 4 is 5.69 Å². The van der Waals surface area contributed by atoms with Crippen molar-refractivity contribution in [2.45, 2.75) is 25.5 Å². The molecule has 3 rings (SSSR count). The highest BCUT2D eigenvalue weighted by Gasteiger charge is 2.40. The van der Waals surface area contributed by atoms with E-state index in [0.717, 1.165) is 17.0 Å². The van der Waals surface area contributed by atoms with E-state index in [-0.39, 0.29) is 11.6 Å². The fourth-order valence-corrected chi connectivity index (χ4v) is 2.63. The monoisotopic (exact) mass is 264 g/mol. The van der Waals surface area contributed by atoms with Gasteiger partial charge >= 0.3 is 0 Å². The van der Waals surface area contributed by atoms with Gasteiger partial charge in [0.25, 0.3) is 0 Å². The topological polar surface area (TPSA) is 45.0 Å². The van der Waals surface area contributed by atoms with Crippen LogP contribution in [0.5, 0.6) is 5.75 Å². The molecular weight excluding hydrogens is 248 g/mol. The Kier molecular flexibility index (Phi) is 2.87. The lowest BCUT2D eigenvalue weighted by Crippen LogP contribution is -2.34. The molecule has 1 N–H and O–H groups in total. The van der Waals surface area contributed by atoms with Crippen molar-refractivity contribution in [3.8, 4) is 11.8 Å². The van der Waals surface area contributed by atoms with E-state index >= 15 is 0 Å². The summed E-state index contributed by atoms with van der Waals surface area (Å²) in [5.41, 5.74) is 2.41. The third-order valence-electron chi connectivity index (χ3n) is 3.60. The molecule has 1 atom stereocenters. The lowest BCUT2D eigenvalue weighted by Gasteiger charge is -2.28. The normalized spacial score (nSPS) is 18.8. The molecule has 0 aromatic heterocycles. The number of nitrogens with zero attached hydrogens (tertiary/aromatic N) is 1. The SMILES string of the molecule is CC1(C)Oc2ccccc2C1Nc1cccc(C#N)c1. The van der Waals surface area contributed by atoms with Crippen molar-refractivity contribution in [2.75, 3.05) is 5.32 Å². The number of fused-ring (bicyclic) bond motifs is 1. The zero-order valence-corrected chi connectivity index (χ0v) is 11.6. The second-order valence-electron chi connectivity index (χ2n) is 5.51. The van der Waals surface area contributed by atoms with Crippen molar-refractivity contribution in [3.05, 3.63) is 59.7 Å². The molecule has 0 amide bonds. The van der Waals surface area contributed by atoms with Crippen LogP contribution in [-0.4, -0.2) is 5.60 Å². The van der Waals surface area contributed by atoms with Crippen LogP contribution in [0.25, 0.3) is 0 Å². The molecule has 1 aliphatic heterocycles. The summed E-state index contributed by atoms with van der Waals surface area (Å²) in [7, 11) is 0. The first-order valence-electron chi connectivity index (χ1n) is 6.65. The zero-order valence-electron chi connectivity index (χ0n) is 11.6. The van der Waals surface area contributed by atoms with Gasteiger partial charge in [-0.05, 0) is 38.1 Å². The van der Waals surface area contributed by atoms with Gasteiger partial charge in [0, 0.05) is 11.3 Å². The van der Waals surface area contributed by atoms with Crippen molar-refractivity contribution in [2.24, 2.45) is 0 Å². The number of anilines is 1. The second kappa shape index (κ2) is 4.57. The van der Waals surface area contributed by atoms with E-state index in [4.69, 9.17) is 10.00 Å². The third-order valence-corrected chi connectivity index (χ3v) is 3.60. The Balaban J connectivity index is 1.95. The highest BCUT2D eigenvalue weighted by atomic mass is 16.5. The Labute approximate surface area is 118 Å². The van der Waals surface area contributed by atoms with Gasteiger partial charge in [0.1, 0.15) is 11.4 Å². The number of hydrogen-bond donors (Lipinski definition) is 1. The molecule has 1 heterocycles. The Morgan fingerprint density at radius 3 is 2.75 bits per heavy atom. The average molecular weight is 264 g/mol. The van der Waals surface area contributed by atoms with Gasteiger partial charge < -0.3 is 10.1 Å². The number of nitrogens with one attached hydrogen (secondary N) is 1. The van der Waals surface area contributed by atoms with Crippen LogP contribution < -0.4 is 10.1 Å². The van der Waals surface area contributed by atoms with Crippen LogP contribution in [0.2, 0.25) is 0 Å². The van der Waals surface area contributed by atoms with Crippen LogP contribution in [0.3, 0.4) is 0 Å². The maximum atomic E-state index is 8.98. The summed E-state index contributed by atoms with van der Waals surface area (Å²) in [5.74, 6) is 0.923. The largest absolute Gasteiger partial charge is 0.485 e. The van der Waals surface area contributed by atoms with Crippen molar-refractivity contribution in [1.82, 2.24) is 0 Å². The van der Waals surface area contributed by atoms with Gasteiger partial charge in [0.15, 0.2) is 0 Å². The Morgan fingerprint density at radius 2 is 1.95 bits per heavy atom. The summed E-state index contributed by atoms with van der Waals surface area (Å²) in [6.07, 6.45) is 0. The van der Waals surface area contributed by atoms with Crippen LogP contribution in [0, 0.1) is 11.3 Å². The van der Waals surface area contributed by atoms with Crippen molar-refractivity contribution in [3.63, 3.8) is 0 Å². The minimum absolute atomic E-state index is 0.0626. The number of para-hydroxylation sites is 1. The van der Waals surface area contributed by atoms with E-state index in [1.807, 2.05) is 36.4 Å². The van der Waals surface area contributed by atoms with E-state index in [1.165, 1.54) is 0 Å². The van der Waals surface area contributed by atoms with Gasteiger partial charge in [-0.2, -0.15) is 5.26 Å². The summed E-state index contributed by atoms with van der Waals surface area (Å²) in [4.78, 5) is 0. The predicted octanol–water partition coefficient (Wildman–Crippen LogP) is 3.88. The third kappa shape index (κ3) is 2.10. The van der Waals surface area contributed by atoms with Gasteiger partial charge in [-0.15, -0.1) is 0 Å². The number of benzene rings is 2. The van der Waals surface area contributed by atoms with Crippen LogP contribution in [0.4, 0.5) is 5.69 Å². The van der Waals surface area contributed by atoms with E-state index in [0.29, 0.717) is 5.56 Å². The first kappa shape index (κ1) is 12.6. The minimum atomic E-state index is -0.327. The number of rotatable bonds is 2. The van der Waals surface area contributed by atoms with E-state index in [9.17, 15) is 0 Å². The molecule has 3 nitrogen and oxygen atoms in total. The minimum Gasteiger partial charge on any atom is -0.485 e. The number of nitriles is 1.